The van der Waals surface area contributed by atoms with Crippen molar-refractivity contribution in [2.24, 2.45) is 12.0 Å². The maximum absolute atomic E-state index is 14.0. The zero-order valence-electron chi connectivity index (χ0n) is 15.9. The molecule has 4 rings (SSSR count). The highest BCUT2D eigenvalue weighted by atomic mass is 35.5. The fourth-order valence-electron chi connectivity index (χ4n) is 2.79. The molecular formula is C20H14ClFN4O4S. The van der Waals surface area contributed by atoms with Crippen LogP contribution in [-0.4, -0.2) is 30.1 Å². The maximum atomic E-state index is 14.0. The molecule has 0 bridgehead atoms. The highest BCUT2D eigenvalue weighted by Crippen LogP contribution is 2.23. The summed E-state index contributed by atoms with van der Waals surface area (Å²) in [6.07, 6.45) is 4.85. The molecule has 0 saturated heterocycles. The van der Waals surface area contributed by atoms with Crippen LogP contribution in [-0.2, 0) is 26.6 Å². The van der Waals surface area contributed by atoms with E-state index in [1.165, 1.54) is 30.3 Å². The van der Waals surface area contributed by atoms with Gasteiger partial charge >= 0.3 is 5.97 Å². The molecule has 1 aliphatic rings. The maximum Gasteiger partial charge on any atom is 0.363 e. The zero-order valence-corrected chi connectivity index (χ0v) is 17.5. The van der Waals surface area contributed by atoms with Crippen LogP contribution in [0.1, 0.15) is 11.1 Å². The van der Waals surface area contributed by atoms with E-state index >= 15 is 0 Å². The predicted octanol–water partition coefficient (Wildman–Crippen LogP) is 3.36. The predicted molar refractivity (Wildman–Crippen MR) is 112 cm³/mol. The lowest BCUT2D eigenvalue weighted by molar-refractivity contribution is -0.129. The van der Waals surface area contributed by atoms with Crippen LogP contribution in [0.25, 0.3) is 6.08 Å². The molecule has 31 heavy (non-hydrogen) atoms. The van der Waals surface area contributed by atoms with E-state index in [1.54, 1.807) is 30.2 Å². The van der Waals surface area contributed by atoms with E-state index in [4.69, 9.17) is 16.3 Å². The molecule has 0 spiro atoms. The second-order valence-corrected chi connectivity index (χ2v) is 8.63. The average Bonchev–Trinajstić information content (AvgIpc) is 3.27. The van der Waals surface area contributed by atoms with Gasteiger partial charge in [-0.2, -0.15) is 5.10 Å². The number of rotatable bonds is 5. The number of aliphatic imine (C=N–C) groups is 1. The first kappa shape index (κ1) is 20.8. The van der Waals surface area contributed by atoms with Crippen LogP contribution in [0.15, 0.2) is 70.4 Å². The number of ether oxygens (including phenoxy) is 1. The first-order valence-corrected chi connectivity index (χ1v) is 10.7. The van der Waals surface area contributed by atoms with Crippen LogP contribution in [0.4, 0.5) is 10.1 Å². The number of carbonyl (C=O) groups excluding carboxylic acids is 1. The van der Waals surface area contributed by atoms with E-state index in [0.29, 0.717) is 11.1 Å². The third-order valence-electron chi connectivity index (χ3n) is 4.22. The lowest BCUT2D eigenvalue weighted by atomic mass is 10.2. The number of nitrogens with zero attached hydrogens (tertiary/aromatic N) is 3. The Morgan fingerprint density at radius 1 is 1.19 bits per heavy atom. The van der Waals surface area contributed by atoms with Gasteiger partial charge < -0.3 is 4.74 Å². The van der Waals surface area contributed by atoms with Crippen LogP contribution in [0.2, 0.25) is 5.02 Å². The smallest absolute Gasteiger partial charge is 0.363 e. The minimum Gasteiger partial charge on any atom is -0.402 e. The molecule has 2 heterocycles. The number of hydrogen-bond donors (Lipinski definition) is 1. The van der Waals surface area contributed by atoms with Gasteiger partial charge in [-0.25, -0.2) is 22.6 Å². The van der Waals surface area contributed by atoms with Gasteiger partial charge in [0.15, 0.2) is 5.70 Å². The van der Waals surface area contributed by atoms with E-state index in [9.17, 15) is 17.6 Å². The zero-order chi connectivity index (χ0) is 22.2. The number of carbonyl (C=O) groups is 1. The highest BCUT2D eigenvalue weighted by molar-refractivity contribution is 7.92. The number of aromatic nitrogens is 2. The number of hydrogen-bond acceptors (Lipinski definition) is 6. The molecule has 1 aromatic heterocycles. The molecule has 1 aliphatic heterocycles. The Morgan fingerprint density at radius 2 is 1.94 bits per heavy atom. The van der Waals surface area contributed by atoms with E-state index in [-0.39, 0.29) is 22.3 Å². The molecule has 1 N–H and O–H groups in total. The van der Waals surface area contributed by atoms with Gasteiger partial charge in [0.05, 0.1) is 6.20 Å². The molecule has 0 aliphatic carbocycles. The summed E-state index contributed by atoms with van der Waals surface area (Å²) < 4.78 is 47.9. The van der Waals surface area contributed by atoms with E-state index in [0.717, 1.165) is 12.1 Å². The van der Waals surface area contributed by atoms with Crippen molar-refractivity contribution in [3.05, 3.63) is 82.5 Å². The minimum atomic E-state index is -4.16. The van der Waals surface area contributed by atoms with Gasteiger partial charge in [-0.1, -0.05) is 11.6 Å². The summed E-state index contributed by atoms with van der Waals surface area (Å²) in [5.41, 5.74) is 1.46. The van der Waals surface area contributed by atoms with Crippen molar-refractivity contribution in [2.45, 2.75) is 4.90 Å². The summed E-state index contributed by atoms with van der Waals surface area (Å²) in [5.74, 6) is -1.49. The minimum absolute atomic E-state index is 0.0818. The van der Waals surface area contributed by atoms with Gasteiger partial charge in [0.25, 0.3) is 10.0 Å². The van der Waals surface area contributed by atoms with Crippen LogP contribution in [0, 0.1) is 5.82 Å². The van der Waals surface area contributed by atoms with Crippen LogP contribution < -0.4 is 4.72 Å². The Kier molecular flexibility index (Phi) is 5.34. The second kappa shape index (κ2) is 7.97. The van der Waals surface area contributed by atoms with Crippen LogP contribution in [0.5, 0.6) is 0 Å². The summed E-state index contributed by atoms with van der Waals surface area (Å²) in [4.78, 5) is 15.7. The van der Waals surface area contributed by atoms with Crippen molar-refractivity contribution >= 4 is 45.3 Å². The molecule has 0 amide bonds. The Bertz CT molecular complexity index is 1350. The normalized spacial score (nSPS) is 15.1. The molecule has 3 aromatic rings. The van der Waals surface area contributed by atoms with E-state index in [1.807, 2.05) is 0 Å². The van der Waals surface area contributed by atoms with E-state index in [2.05, 4.69) is 14.8 Å². The van der Waals surface area contributed by atoms with Crippen molar-refractivity contribution < 1.29 is 22.3 Å². The molecule has 2 aromatic carbocycles. The number of sulfonamides is 1. The SMILES string of the molecule is Cn1cc(/C=C2\N=C(c3ccc(NS(=O)(=O)c4ccc(Cl)cc4F)cc3)OC2=O)cn1. The molecule has 0 saturated carbocycles. The van der Waals surface area contributed by atoms with Crippen molar-refractivity contribution in [3.63, 3.8) is 0 Å². The van der Waals surface area contributed by atoms with Crippen molar-refractivity contribution in [2.75, 3.05) is 4.72 Å². The standard InChI is InChI=1S/C20H14ClFN4O4S/c1-26-11-12(10-23-26)8-17-20(27)30-19(24-17)13-2-5-15(6-3-13)25-31(28,29)18-7-4-14(21)9-16(18)22/h2-11,25H,1H3/b17-8-. The van der Waals surface area contributed by atoms with Gasteiger partial charge in [-0.05, 0) is 48.5 Å². The first-order valence-electron chi connectivity index (χ1n) is 8.81. The van der Waals surface area contributed by atoms with Crippen LogP contribution >= 0.6 is 11.6 Å². The lowest BCUT2D eigenvalue weighted by Crippen LogP contribution is -2.14. The van der Waals surface area contributed by atoms with Crippen molar-refractivity contribution in [1.29, 1.82) is 0 Å². The monoisotopic (exact) mass is 460 g/mol. The number of esters is 1. The summed E-state index contributed by atoms with van der Waals surface area (Å²) >= 11 is 5.66. The fourth-order valence-corrected chi connectivity index (χ4v) is 4.07. The largest absolute Gasteiger partial charge is 0.402 e. The number of benzene rings is 2. The van der Waals surface area contributed by atoms with Crippen molar-refractivity contribution in [1.82, 2.24) is 9.78 Å². The quantitative estimate of drug-likeness (QED) is 0.464. The molecule has 158 valence electrons. The van der Waals surface area contributed by atoms with Gasteiger partial charge in [0, 0.05) is 35.1 Å². The summed E-state index contributed by atoms with van der Waals surface area (Å²) in [6.45, 7) is 0. The third-order valence-corrected chi connectivity index (χ3v) is 5.87. The highest BCUT2D eigenvalue weighted by Gasteiger charge is 2.25. The molecule has 0 radical (unpaired) electrons. The number of anilines is 1. The Labute approximate surface area is 181 Å². The molecule has 11 heteroatoms. The average molecular weight is 461 g/mol. The Hall–Kier alpha value is -3.50. The molecular weight excluding hydrogens is 447 g/mol. The third kappa shape index (κ3) is 4.49. The Morgan fingerprint density at radius 3 is 2.58 bits per heavy atom. The van der Waals surface area contributed by atoms with Gasteiger partial charge in [-0.3, -0.25) is 9.40 Å². The first-order chi connectivity index (χ1) is 14.7. The number of aryl methyl sites for hydroxylation is 1. The number of nitrogens with one attached hydrogen (secondary N) is 1. The molecule has 0 fully saturated rings. The van der Waals surface area contributed by atoms with Gasteiger partial charge in [-0.15, -0.1) is 0 Å². The van der Waals surface area contributed by atoms with Gasteiger partial charge in [0.1, 0.15) is 10.7 Å². The van der Waals surface area contributed by atoms with E-state index < -0.39 is 26.7 Å². The molecule has 8 nitrogen and oxygen atoms in total. The van der Waals surface area contributed by atoms with Crippen molar-refractivity contribution in [3.8, 4) is 0 Å². The van der Waals surface area contributed by atoms with Gasteiger partial charge in [0.2, 0.25) is 5.90 Å². The topological polar surface area (TPSA) is 103 Å². The summed E-state index contributed by atoms with van der Waals surface area (Å²) in [5, 5.41) is 4.10. The molecule has 0 unspecified atom stereocenters. The fraction of sp³-hybridized carbons (Fsp3) is 0.0500. The second-order valence-electron chi connectivity index (χ2n) is 6.54. The summed E-state index contributed by atoms with van der Waals surface area (Å²) in [7, 11) is -2.41. The Balaban J connectivity index is 1.54. The number of cyclic esters (lactones) is 1. The lowest BCUT2D eigenvalue weighted by Gasteiger charge is -2.09. The molecule has 0 atom stereocenters. The number of halogens is 2. The van der Waals surface area contributed by atoms with Crippen LogP contribution in [0.3, 0.4) is 0 Å². The summed E-state index contributed by atoms with van der Waals surface area (Å²) in [6, 6.07) is 9.22.